The number of amides is 2. The third-order valence-corrected chi connectivity index (χ3v) is 9.38. The quantitative estimate of drug-likeness (QED) is 0.184. The average Bonchev–Trinajstić information content (AvgIpc) is 3.01. The number of hydrogen-bond donors (Lipinski definition) is 1. The van der Waals surface area contributed by atoms with Gasteiger partial charge in [0.25, 0.3) is 10.0 Å². The molecule has 48 heavy (non-hydrogen) atoms. The van der Waals surface area contributed by atoms with Gasteiger partial charge in [-0.15, -0.1) is 0 Å². The summed E-state index contributed by atoms with van der Waals surface area (Å²) in [5, 5.41) is 2.95. The van der Waals surface area contributed by atoms with E-state index in [0.29, 0.717) is 15.9 Å². The van der Waals surface area contributed by atoms with Crippen molar-refractivity contribution in [3.8, 4) is 0 Å². The lowest BCUT2D eigenvalue weighted by atomic mass is 10.0. The van der Waals surface area contributed by atoms with Gasteiger partial charge >= 0.3 is 6.18 Å². The van der Waals surface area contributed by atoms with Gasteiger partial charge in [-0.25, -0.2) is 8.42 Å². The molecule has 254 valence electrons. The minimum absolute atomic E-state index is 0.0603. The second kappa shape index (κ2) is 14.6. The van der Waals surface area contributed by atoms with E-state index in [2.05, 4.69) is 5.32 Å². The van der Waals surface area contributed by atoms with Crippen molar-refractivity contribution in [2.75, 3.05) is 10.8 Å². The van der Waals surface area contributed by atoms with Gasteiger partial charge in [0.1, 0.15) is 12.6 Å². The van der Waals surface area contributed by atoms with E-state index in [9.17, 15) is 31.2 Å². The predicted molar refractivity (Wildman–Crippen MR) is 181 cm³/mol. The first-order valence-corrected chi connectivity index (χ1v) is 16.9. The first kappa shape index (κ1) is 36.2. The van der Waals surface area contributed by atoms with Gasteiger partial charge in [-0.1, -0.05) is 83.9 Å². The number of alkyl halides is 3. The SMILES string of the molecule is Cc1ccc(CN(C(=O)CN(c2cccc(C(F)(F)F)c2)S(=O)(=O)c2ccc(C)cc2)[C@H](Cc2ccccc2)C(=O)NC(C)(C)C)cc1. The molecule has 1 atom stereocenters. The molecule has 1 N–H and O–H groups in total. The Balaban J connectivity index is 1.85. The van der Waals surface area contributed by atoms with Crippen molar-refractivity contribution >= 4 is 27.5 Å². The zero-order valence-corrected chi connectivity index (χ0v) is 28.4. The van der Waals surface area contributed by atoms with Crippen LogP contribution in [0.2, 0.25) is 0 Å². The molecule has 0 aliphatic carbocycles. The monoisotopic (exact) mass is 679 g/mol. The first-order chi connectivity index (χ1) is 22.4. The maximum atomic E-state index is 14.5. The molecular weight excluding hydrogens is 639 g/mol. The molecule has 4 aromatic rings. The van der Waals surface area contributed by atoms with Gasteiger partial charge in [-0.05, 0) is 76.1 Å². The Bertz CT molecular complexity index is 1820. The van der Waals surface area contributed by atoms with Gasteiger partial charge in [0.05, 0.1) is 16.1 Å². The van der Waals surface area contributed by atoms with Crippen LogP contribution in [0.3, 0.4) is 0 Å². The summed E-state index contributed by atoms with van der Waals surface area (Å²) in [6, 6.07) is 25.0. The van der Waals surface area contributed by atoms with Gasteiger partial charge in [-0.3, -0.25) is 13.9 Å². The van der Waals surface area contributed by atoms with Crippen molar-refractivity contribution in [2.24, 2.45) is 0 Å². The highest BCUT2D eigenvalue weighted by Crippen LogP contribution is 2.33. The Labute approximate surface area is 280 Å². The molecule has 0 bridgehead atoms. The number of sulfonamides is 1. The molecule has 0 saturated heterocycles. The van der Waals surface area contributed by atoms with Gasteiger partial charge < -0.3 is 10.2 Å². The standard InChI is InChI=1S/C37H40F3N3O4S/c1-26-14-18-29(19-15-26)24-42(33(35(45)41-36(3,4)5)22-28-10-7-6-8-11-28)34(44)25-43(31-13-9-12-30(23-31)37(38,39)40)48(46,47)32-20-16-27(2)17-21-32/h6-21,23,33H,22,24-25H2,1-5H3,(H,41,45)/t33-/m1/s1. The van der Waals surface area contributed by atoms with Crippen LogP contribution in [-0.4, -0.2) is 43.3 Å². The minimum Gasteiger partial charge on any atom is -0.350 e. The largest absolute Gasteiger partial charge is 0.416 e. The summed E-state index contributed by atoms with van der Waals surface area (Å²) in [6.45, 7) is 8.17. The molecule has 0 fully saturated rings. The number of nitrogens with one attached hydrogen (secondary N) is 1. The normalized spacial score (nSPS) is 12.7. The summed E-state index contributed by atoms with van der Waals surface area (Å²) in [5.41, 5.74) is 1.12. The zero-order valence-electron chi connectivity index (χ0n) is 27.6. The van der Waals surface area contributed by atoms with Crippen LogP contribution in [0.25, 0.3) is 0 Å². The van der Waals surface area contributed by atoms with Crippen LogP contribution in [0.1, 0.15) is 48.6 Å². The van der Waals surface area contributed by atoms with Crippen LogP contribution in [0.4, 0.5) is 18.9 Å². The third kappa shape index (κ3) is 9.47. The lowest BCUT2D eigenvalue weighted by molar-refractivity contribution is -0.140. The molecule has 0 aliphatic rings. The third-order valence-electron chi connectivity index (χ3n) is 7.59. The van der Waals surface area contributed by atoms with Crippen molar-refractivity contribution in [3.63, 3.8) is 0 Å². The number of aryl methyl sites for hydroxylation is 2. The van der Waals surface area contributed by atoms with Crippen LogP contribution in [0.5, 0.6) is 0 Å². The highest BCUT2D eigenvalue weighted by Gasteiger charge is 2.37. The Hall–Kier alpha value is -4.64. The number of halogens is 3. The molecule has 0 unspecified atom stereocenters. The highest BCUT2D eigenvalue weighted by atomic mass is 32.2. The van der Waals surface area contributed by atoms with Gasteiger partial charge in [0.2, 0.25) is 11.8 Å². The molecule has 0 heterocycles. The van der Waals surface area contributed by atoms with E-state index in [0.717, 1.165) is 28.8 Å². The number of rotatable bonds is 11. The molecule has 0 radical (unpaired) electrons. The Morgan fingerprint density at radius 2 is 1.35 bits per heavy atom. The van der Waals surface area contributed by atoms with E-state index in [1.807, 2.05) is 61.5 Å². The molecule has 2 amide bonds. The molecule has 0 spiro atoms. The second-order valence-electron chi connectivity index (χ2n) is 12.8. The lowest BCUT2D eigenvalue weighted by Gasteiger charge is -2.35. The summed E-state index contributed by atoms with van der Waals surface area (Å²) in [6.07, 6.45) is -4.66. The smallest absolute Gasteiger partial charge is 0.350 e. The number of carbonyl (C=O) groups is 2. The molecule has 4 rings (SSSR count). The van der Waals surface area contributed by atoms with E-state index in [1.54, 1.807) is 39.8 Å². The van der Waals surface area contributed by atoms with E-state index >= 15 is 0 Å². The van der Waals surface area contributed by atoms with Gasteiger partial charge in [-0.2, -0.15) is 13.2 Å². The fourth-order valence-electron chi connectivity index (χ4n) is 5.10. The molecule has 0 saturated carbocycles. The molecule has 7 nitrogen and oxygen atoms in total. The van der Waals surface area contributed by atoms with Gasteiger partial charge in [0, 0.05) is 18.5 Å². The number of anilines is 1. The van der Waals surface area contributed by atoms with Crippen molar-refractivity contribution in [3.05, 3.63) is 131 Å². The summed E-state index contributed by atoms with van der Waals surface area (Å²) in [7, 11) is -4.56. The molecular formula is C37H40F3N3O4S. The van der Waals surface area contributed by atoms with Crippen molar-refractivity contribution < 1.29 is 31.2 Å². The van der Waals surface area contributed by atoms with Crippen LogP contribution < -0.4 is 9.62 Å². The Kier molecular flexibility index (Phi) is 11.0. The fraction of sp³-hybridized carbons (Fsp3) is 0.297. The first-order valence-electron chi connectivity index (χ1n) is 15.4. The summed E-state index contributed by atoms with van der Waals surface area (Å²) in [5.74, 6) is -1.23. The maximum absolute atomic E-state index is 14.5. The van der Waals surface area contributed by atoms with Crippen LogP contribution in [0.15, 0.2) is 108 Å². The minimum atomic E-state index is -4.76. The van der Waals surface area contributed by atoms with E-state index < -0.39 is 51.7 Å². The van der Waals surface area contributed by atoms with Gasteiger partial charge in [0.15, 0.2) is 0 Å². The van der Waals surface area contributed by atoms with E-state index in [4.69, 9.17) is 0 Å². The number of benzene rings is 4. The van der Waals surface area contributed by atoms with Crippen LogP contribution >= 0.6 is 0 Å². The number of hydrogen-bond acceptors (Lipinski definition) is 4. The molecule has 4 aromatic carbocycles. The average molecular weight is 680 g/mol. The predicted octanol–water partition coefficient (Wildman–Crippen LogP) is 7.07. The van der Waals surface area contributed by atoms with Crippen molar-refractivity contribution in [2.45, 2.75) is 70.2 Å². The second-order valence-corrected chi connectivity index (χ2v) is 14.7. The van der Waals surface area contributed by atoms with E-state index in [-0.39, 0.29) is 23.5 Å². The maximum Gasteiger partial charge on any atom is 0.416 e. The fourth-order valence-corrected chi connectivity index (χ4v) is 6.51. The molecule has 11 heteroatoms. The topological polar surface area (TPSA) is 86.8 Å². The van der Waals surface area contributed by atoms with Crippen molar-refractivity contribution in [1.29, 1.82) is 0 Å². The van der Waals surface area contributed by atoms with Crippen LogP contribution in [-0.2, 0) is 38.8 Å². The Morgan fingerprint density at radius 3 is 1.92 bits per heavy atom. The summed E-state index contributed by atoms with van der Waals surface area (Å²) in [4.78, 5) is 29.6. The van der Waals surface area contributed by atoms with Crippen LogP contribution in [0, 0.1) is 13.8 Å². The zero-order chi connectivity index (χ0) is 35.3. The summed E-state index contributed by atoms with van der Waals surface area (Å²) >= 11 is 0. The molecule has 0 aliphatic heterocycles. The molecule has 0 aromatic heterocycles. The van der Waals surface area contributed by atoms with Crippen molar-refractivity contribution in [1.82, 2.24) is 10.2 Å². The Morgan fingerprint density at radius 1 is 0.771 bits per heavy atom. The summed E-state index contributed by atoms with van der Waals surface area (Å²) < 4.78 is 70.4. The van der Waals surface area contributed by atoms with E-state index in [1.165, 1.54) is 23.1 Å². The lowest BCUT2D eigenvalue weighted by Crippen LogP contribution is -2.56. The highest BCUT2D eigenvalue weighted by molar-refractivity contribution is 7.92. The number of carbonyl (C=O) groups excluding carboxylic acids is 2. The number of nitrogens with zero attached hydrogens (tertiary/aromatic N) is 2.